The highest BCUT2D eigenvalue weighted by Gasteiger charge is 2.35. The fraction of sp³-hybridized carbons (Fsp3) is 0.111. The predicted octanol–water partition coefficient (Wildman–Crippen LogP) is 20.5. The molecule has 0 aromatic heterocycles. The van der Waals surface area contributed by atoms with E-state index < -0.39 is 0 Å². The molecule has 12 aromatic rings. The third-order valence-electron chi connectivity index (χ3n) is 15.8. The van der Waals surface area contributed by atoms with Crippen LogP contribution in [0.5, 0.6) is 0 Å². The Balaban J connectivity index is 1.19. The molecule has 0 saturated carbocycles. The van der Waals surface area contributed by atoms with Crippen LogP contribution in [-0.2, 0) is 11.8 Å². The van der Waals surface area contributed by atoms with Crippen LogP contribution in [0.15, 0.2) is 249 Å². The Hall–Kier alpha value is -8.72. The molecule has 2 heteroatoms. The van der Waals surface area contributed by atoms with E-state index in [9.17, 15) is 0 Å². The summed E-state index contributed by atoms with van der Waals surface area (Å²) in [7, 11) is 0. The molecule has 0 heterocycles. The van der Waals surface area contributed by atoms with Crippen molar-refractivity contribution in [2.24, 2.45) is 0 Å². The van der Waals surface area contributed by atoms with Crippen molar-refractivity contribution in [1.29, 1.82) is 0 Å². The van der Waals surface area contributed by atoms with Gasteiger partial charge in [-0.05, 0) is 122 Å². The summed E-state index contributed by atoms with van der Waals surface area (Å²) >= 11 is 0. The second-order valence-electron chi connectivity index (χ2n) is 21.0. The van der Waals surface area contributed by atoms with Crippen LogP contribution in [0.25, 0.3) is 76.8 Å². The minimum absolute atomic E-state index is 0.0798. The number of hydrogen-bond acceptors (Lipinski definition) is 2. The smallest absolute Gasteiger partial charge is 0.0544 e. The molecule has 0 saturated heterocycles. The first-order valence-electron chi connectivity index (χ1n) is 26.3. The molecular weight excluding hydrogens is 893 g/mol. The lowest BCUT2D eigenvalue weighted by Gasteiger charge is -2.38. The third kappa shape index (κ3) is 7.55. The Morgan fingerprint density at radius 1 is 0.338 bits per heavy atom. The van der Waals surface area contributed by atoms with Gasteiger partial charge in [-0.25, -0.2) is 0 Å². The Bertz CT molecular complexity index is 3840. The molecule has 0 fully saturated rings. The van der Waals surface area contributed by atoms with Gasteiger partial charge in [0.05, 0.1) is 34.1 Å². The topological polar surface area (TPSA) is 6.48 Å². The third-order valence-corrected chi connectivity index (χ3v) is 15.8. The van der Waals surface area contributed by atoms with Gasteiger partial charge in [-0.15, -0.1) is 0 Å². The van der Waals surface area contributed by atoms with Gasteiger partial charge in [-0.2, -0.15) is 0 Å². The largest absolute Gasteiger partial charge is 0.309 e. The van der Waals surface area contributed by atoms with Gasteiger partial charge >= 0.3 is 0 Å². The molecule has 0 bridgehead atoms. The highest BCUT2D eigenvalue weighted by Crippen LogP contribution is 2.56. The van der Waals surface area contributed by atoms with E-state index >= 15 is 0 Å². The van der Waals surface area contributed by atoms with E-state index in [0.29, 0.717) is 0 Å². The summed E-state index contributed by atoms with van der Waals surface area (Å²) in [5, 5.41) is 7.93. The zero-order chi connectivity index (χ0) is 49.9. The van der Waals surface area contributed by atoms with Gasteiger partial charge in [-0.1, -0.05) is 234 Å². The molecule has 1 aliphatic rings. The molecule has 356 valence electrons. The molecule has 0 aliphatic heterocycles. The molecule has 74 heavy (non-hydrogen) atoms. The number of para-hydroxylation sites is 4. The van der Waals surface area contributed by atoms with Crippen LogP contribution < -0.4 is 9.80 Å². The number of anilines is 6. The maximum absolute atomic E-state index is 2.61. The zero-order valence-corrected chi connectivity index (χ0v) is 42.6. The number of aryl methyl sites for hydroxylation is 1. The van der Waals surface area contributed by atoms with Crippen molar-refractivity contribution < 1.29 is 0 Å². The lowest BCUT2D eigenvalue weighted by atomic mass is 9.70. The molecule has 0 spiro atoms. The van der Waals surface area contributed by atoms with E-state index in [4.69, 9.17) is 0 Å². The molecule has 0 amide bonds. The van der Waals surface area contributed by atoms with E-state index in [0.717, 1.165) is 35.6 Å². The lowest BCUT2D eigenvalue weighted by Crippen LogP contribution is -2.24. The summed E-state index contributed by atoms with van der Waals surface area (Å²) in [6.07, 6.45) is 2.03. The van der Waals surface area contributed by atoms with Crippen LogP contribution in [0, 0.1) is 0 Å². The minimum Gasteiger partial charge on any atom is -0.309 e. The van der Waals surface area contributed by atoms with Gasteiger partial charge in [0.2, 0.25) is 0 Å². The summed E-state index contributed by atoms with van der Waals surface area (Å²) in [6.45, 7) is 9.68. The number of rotatable bonds is 11. The molecule has 1 aliphatic carbocycles. The van der Waals surface area contributed by atoms with Crippen LogP contribution in [-0.4, -0.2) is 0 Å². The average Bonchev–Trinajstić information content (AvgIpc) is 3.46. The van der Waals surface area contributed by atoms with Gasteiger partial charge in [0.25, 0.3) is 0 Å². The normalized spacial score (nSPS) is 13.0. The van der Waals surface area contributed by atoms with Gasteiger partial charge in [0.1, 0.15) is 0 Å². The van der Waals surface area contributed by atoms with Crippen LogP contribution in [0.3, 0.4) is 0 Å². The summed E-state index contributed by atoms with van der Waals surface area (Å²) in [6, 6.07) is 92.3. The van der Waals surface area contributed by atoms with Crippen molar-refractivity contribution in [2.45, 2.75) is 51.9 Å². The standard InChI is InChI=1S/C72H58N2/c1-48(2)60-47-68(74(65-39-23-19-35-56(65)51-29-13-7-14-30-51)66-40-24-20-36-57(66)52-31-15-8-16-32-52)61-46-62-69-53(43-44-72(62,3)4)45-67(59-42-41-58(60)70(61)71(59)69)73(63-37-21-17-33-54(63)49-25-9-5-10-26-49)64-38-22-18-34-55(64)50-27-11-6-12-28-50/h5-42,45-48H,43-44H2,1-4H3. The first-order chi connectivity index (χ1) is 36.3. The highest BCUT2D eigenvalue weighted by molar-refractivity contribution is 6.31. The first-order valence-corrected chi connectivity index (χ1v) is 26.3. The first kappa shape index (κ1) is 45.2. The summed E-state index contributed by atoms with van der Waals surface area (Å²) < 4.78 is 0. The van der Waals surface area contributed by atoms with E-state index in [1.165, 1.54) is 105 Å². The minimum atomic E-state index is -0.0798. The average molecular weight is 951 g/mol. The lowest BCUT2D eigenvalue weighted by molar-refractivity contribution is 0.475. The highest BCUT2D eigenvalue weighted by atomic mass is 15.2. The van der Waals surface area contributed by atoms with Crippen LogP contribution in [0.2, 0.25) is 0 Å². The SMILES string of the molecule is CC(C)c1cc(N(c2ccccc2-c2ccccc2)c2ccccc2-c2ccccc2)c2cc3c4c(cc(N(c5ccccc5-c5ccccc5)c5ccccc5-c5ccccc5)c5ccc1c2c54)CCC3(C)C. The fourth-order valence-corrected chi connectivity index (χ4v) is 12.2. The predicted molar refractivity (Wildman–Crippen MR) is 317 cm³/mol. The Morgan fingerprint density at radius 3 is 1.11 bits per heavy atom. The molecule has 13 rings (SSSR count). The van der Waals surface area contributed by atoms with Crippen molar-refractivity contribution in [3.05, 3.63) is 265 Å². The van der Waals surface area contributed by atoms with Gasteiger partial charge in [0.15, 0.2) is 0 Å². The maximum Gasteiger partial charge on any atom is 0.0544 e. The van der Waals surface area contributed by atoms with Gasteiger partial charge in [-0.3, -0.25) is 0 Å². The molecule has 0 radical (unpaired) electrons. The van der Waals surface area contributed by atoms with Crippen LogP contribution >= 0.6 is 0 Å². The Labute approximate surface area is 435 Å². The van der Waals surface area contributed by atoms with E-state index in [1.54, 1.807) is 0 Å². The zero-order valence-electron chi connectivity index (χ0n) is 42.6. The number of nitrogens with zero attached hydrogens (tertiary/aromatic N) is 2. The van der Waals surface area contributed by atoms with Gasteiger partial charge < -0.3 is 9.80 Å². The van der Waals surface area contributed by atoms with E-state index in [2.05, 4.69) is 286 Å². The van der Waals surface area contributed by atoms with Crippen molar-refractivity contribution in [3.8, 4) is 44.5 Å². The van der Waals surface area contributed by atoms with E-state index in [1.807, 2.05) is 0 Å². The number of hydrogen-bond donors (Lipinski definition) is 0. The van der Waals surface area contributed by atoms with Crippen molar-refractivity contribution in [3.63, 3.8) is 0 Å². The summed E-state index contributed by atoms with van der Waals surface area (Å²) in [4.78, 5) is 5.20. The molecule has 0 N–H and O–H groups in total. The van der Waals surface area contributed by atoms with Crippen LogP contribution in [0.4, 0.5) is 34.1 Å². The number of benzene rings is 12. The van der Waals surface area contributed by atoms with E-state index in [-0.39, 0.29) is 11.3 Å². The molecule has 0 unspecified atom stereocenters. The second-order valence-corrected chi connectivity index (χ2v) is 21.0. The van der Waals surface area contributed by atoms with Crippen molar-refractivity contribution >= 4 is 66.4 Å². The maximum atomic E-state index is 2.61. The summed E-state index contributed by atoms with van der Waals surface area (Å²) in [5.74, 6) is 0.239. The van der Waals surface area contributed by atoms with Crippen LogP contribution in [0.1, 0.15) is 56.7 Å². The second kappa shape index (κ2) is 18.4. The Morgan fingerprint density at radius 2 is 0.703 bits per heavy atom. The quantitative estimate of drug-likeness (QED) is 0.119. The summed E-state index contributed by atoms with van der Waals surface area (Å²) in [5.41, 5.74) is 20.5. The fourth-order valence-electron chi connectivity index (χ4n) is 12.2. The molecule has 12 aromatic carbocycles. The van der Waals surface area contributed by atoms with Gasteiger partial charge in [0, 0.05) is 38.4 Å². The van der Waals surface area contributed by atoms with Crippen molar-refractivity contribution in [2.75, 3.05) is 9.80 Å². The monoisotopic (exact) mass is 950 g/mol. The molecule has 2 nitrogen and oxygen atoms in total. The van der Waals surface area contributed by atoms with Crippen molar-refractivity contribution in [1.82, 2.24) is 0 Å². The Kier molecular flexibility index (Phi) is 11.2. The molecular formula is C72H58N2. The molecule has 0 atom stereocenters.